The Hall–Kier alpha value is -4.14. The van der Waals surface area contributed by atoms with Crippen LogP contribution in [0.2, 0.25) is 5.02 Å². The van der Waals surface area contributed by atoms with E-state index in [2.05, 4.69) is 11.1 Å². The molecule has 0 unspecified atom stereocenters. The maximum atomic E-state index is 14.2. The van der Waals surface area contributed by atoms with Gasteiger partial charge in [0.2, 0.25) is 0 Å². The van der Waals surface area contributed by atoms with Crippen LogP contribution in [-0.2, 0) is 12.7 Å². The van der Waals surface area contributed by atoms with E-state index in [1.165, 1.54) is 46.7 Å². The van der Waals surface area contributed by atoms with Gasteiger partial charge in [0.05, 0.1) is 29.0 Å². The lowest BCUT2D eigenvalue weighted by atomic mass is 10.1. The van der Waals surface area contributed by atoms with Crippen molar-refractivity contribution in [2.45, 2.75) is 19.6 Å². The molecular formula is C29H26ClF4N5O2. The van der Waals surface area contributed by atoms with E-state index in [9.17, 15) is 27.6 Å². The first-order chi connectivity index (χ1) is 19.3. The smallest absolute Gasteiger partial charge is 0.417 e. The fourth-order valence-electron chi connectivity index (χ4n) is 4.40. The minimum atomic E-state index is -4.62. The summed E-state index contributed by atoms with van der Waals surface area (Å²) in [5, 5.41) is 9.28. The summed E-state index contributed by atoms with van der Waals surface area (Å²) in [6, 6.07) is 12.8. The number of halogens is 5. The molecule has 2 heterocycles. The number of hydrogen-bond donors (Lipinski definition) is 0. The fraction of sp³-hybridized carbons (Fsp3) is 0.276. The number of methoxy groups -OCH3 is 1. The Balaban J connectivity index is 1.90. The first kappa shape index (κ1) is 29.8. The zero-order valence-corrected chi connectivity index (χ0v) is 23.4. The highest BCUT2D eigenvalue weighted by Gasteiger charge is 2.33. The van der Waals surface area contributed by atoms with Crippen LogP contribution in [0.1, 0.15) is 32.7 Å². The molecule has 0 saturated carbocycles. The molecule has 214 valence electrons. The summed E-state index contributed by atoms with van der Waals surface area (Å²) >= 11 is 5.95. The number of pyridine rings is 1. The monoisotopic (exact) mass is 587 g/mol. The molecule has 0 aliphatic heterocycles. The van der Waals surface area contributed by atoms with Crippen molar-refractivity contribution in [2.75, 3.05) is 34.3 Å². The van der Waals surface area contributed by atoms with Crippen LogP contribution in [0.4, 0.5) is 17.6 Å². The molecule has 0 fully saturated rings. The van der Waals surface area contributed by atoms with Crippen LogP contribution >= 0.6 is 11.6 Å². The van der Waals surface area contributed by atoms with Crippen LogP contribution < -0.4 is 4.74 Å². The Bertz CT molecular complexity index is 1660. The molecule has 0 spiro atoms. The van der Waals surface area contributed by atoms with Crippen molar-refractivity contribution >= 4 is 23.2 Å². The van der Waals surface area contributed by atoms with Gasteiger partial charge in [-0.25, -0.2) is 9.37 Å². The molecule has 0 atom stereocenters. The topological polar surface area (TPSA) is 73.9 Å². The lowest BCUT2D eigenvalue weighted by Gasteiger charge is -2.25. The highest BCUT2D eigenvalue weighted by atomic mass is 35.5. The summed E-state index contributed by atoms with van der Waals surface area (Å²) in [7, 11) is 5.07. The number of hydrogen-bond acceptors (Lipinski definition) is 5. The molecule has 0 aliphatic carbocycles. The second-order valence-electron chi connectivity index (χ2n) is 9.68. The molecule has 41 heavy (non-hydrogen) atoms. The van der Waals surface area contributed by atoms with Gasteiger partial charge in [-0.3, -0.25) is 9.20 Å². The Kier molecular flexibility index (Phi) is 8.56. The Morgan fingerprint density at radius 3 is 2.44 bits per heavy atom. The van der Waals surface area contributed by atoms with Crippen LogP contribution in [0.15, 0.2) is 48.5 Å². The number of rotatable bonds is 8. The fourth-order valence-corrected chi connectivity index (χ4v) is 4.71. The maximum Gasteiger partial charge on any atom is 0.417 e. The Labute approximate surface area is 239 Å². The number of carbonyl (C=O) groups excluding carboxylic acids is 1. The van der Waals surface area contributed by atoms with Gasteiger partial charge in [-0.1, -0.05) is 17.7 Å². The molecule has 12 heteroatoms. The van der Waals surface area contributed by atoms with E-state index in [0.29, 0.717) is 23.2 Å². The van der Waals surface area contributed by atoms with Crippen molar-refractivity contribution in [3.05, 3.63) is 87.3 Å². The first-order valence-corrected chi connectivity index (χ1v) is 12.8. The molecule has 1 amide bonds. The van der Waals surface area contributed by atoms with Gasteiger partial charge in [-0.15, -0.1) is 0 Å². The number of amides is 1. The van der Waals surface area contributed by atoms with E-state index in [1.807, 2.05) is 19.0 Å². The van der Waals surface area contributed by atoms with Gasteiger partial charge >= 0.3 is 6.18 Å². The van der Waals surface area contributed by atoms with Crippen molar-refractivity contribution < 1.29 is 27.1 Å². The van der Waals surface area contributed by atoms with Crippen LogP contribution in [0.5, 0.6) is 5.88 Å². The number of carbonyl (C=O) groups is 1. The predicted octanol–water partition coefficient (Wildman–Crippen LogP) is 6.21. The lowest BCUT2D eigenvalue weighted by Crippen LogP contribution is -2.36. The van der Waals surface area contributed by atoms with Crippen LogP contribution in [0, 0.1) is 24.1 Å². The van der Waals surface area contributed by atoms with Crippen molar-refractivity contribution in [1.82, 2.24) is 19.2 Å². The summed E-state index contributed by atoms with van der Waals surface area (Å²) in [4.78, 5) is 22.1. The molecule has 0 saturated heterocycles. The minimum absolute atomic E-state index is 0.0335. The molecule has 4 rings (SSSR count). The second kappa shape index (κ2) is 11.8. The normalized spacial score (nSPS) is 11.6. The van der Waals surface area contributed by atoms with Gasteiger partial charge in [0.25, 0.3) is 5.91 Å². The van der Waals surface area contributed by atoms with E-state index in [0.717, 1.165) is 6.07 Å². The molecule has 0 aliphatic rings. The number of aryl methyl sites for hydroxylation is 1. The van der Waals surface area contributed by atoms with Crippen molar-refractivity contribution in [3.63, 3.8) is 0 Å². The number of nitrogens with zero attached hydrogens (tertiary/aromatic N) is 5. The second-order valence-corrected chi connectivity index (χ2v) is 10.1. The standard InChI is InChI=1S/C29H26ClF4N5O2/c1-17-13-19(6-9-23(17)31)26-25(36-27-20(15-35)7-10-24(41-4)39(26)27)28(40)38(12-11-37(2)3)16-18-5-8-21(22(30)14-18)29(32,33)34/h5-10,13-14H,11-12,16H2,1-4H3. The number of fused-ring (bicyclic) bond motifs is 1. The van der Waals surface area contributed by atoms with Gasteiger partial charge < -0.3 is 14.5 Å². The summed E-state index contributed by atoms with van der Waals surface area (Å²) in [6.07, 6.45) is -4.62. The van der Waals surface area contributed by atoms with Gasteiger partial charge in [0, 0.05) is 31.3 Å². The minimum Gasteiger partial charge on any atom is -0.482 e. The summed E-state index contributed by atoms with van der Waals surface area (Å²) in [6.45, 7) is 2.15. The Morgan fingerprint density at radius 1 is 1.12 bits per heavy atom. The van der Waals surface area contributed by atoms with Crippen molar-refractivity contribution in [1.29, 1.82) is 5.26 Å². The average Bonchev–Trinajstić information content (AvgIpc) is 3.31. The SMILES string of the molecule is COc1ccc(C#N)c2nc(C(=O)N(CCN(C)C)Cc3ccc(C(F)(F)F)c(Cl)c3)c(-c3ccc(F)c(C)c3)n12. The maximum absolute atomic E-state index is 14.2. The molecule has 0 bridgehead atoms. The zero-order valence-electron chi connectivity index (χ0n) is 22.7. The van der Waals surface area contributed by atoms with E-state index in [4.69, 9.17) is 16.3 Å². The highest BCUT2D eigenvalue weighted by molar-refractivity contribution is 6.31. The van der Waals surface area contributed by atoms with Gasteiger partial charge in [0.15, 0.2) is 17.2 Å². The van der Waals surface area contributed by atoms with Gasteiger partial charge in [-0.2, -0.15) is 18.4 Å². The van der Waals surface area contributed by atoms with Crippen LogP contribution in [0.25, 0.3) is 16.9 Å². The first-order valence-electron chi connectivity index (χ1n) is 12.4. The van der Waals surface area contributed by atoms with Gasteiger partial charge in [-0.05, 0) is 68.5 Å². The van der Waals surface area contributed by atoms with E-state index >= 15 is 0 Å². The third kappa shape index (κ3) is 6.14. The van der Waals surface area contributed by atoms with E-state index in [-0.39, 0.29) is 41.6 Å². The third-order valence-corrected chi connectivity index (χ3v) is 6.82. The molecule has 0 N–H and O–H groups in total. The Morgan fingerprint density at radius 2 is 1.85 bits per heavy atom. The molecule has 0 radical (unpaired) electrons. The largest absolute Gasteiger partial charge is 0.482 e. The lowest BCUT2D eigenvalue weighted by molar-refractivity contribution is -0.137. The van der Waals surface area contributed by atoms with Crippen LogP contribution in [0.3, 0.4) is 0 Å². The number of imidazole rings is 1. The molecule has 2 aromatic heterocycles. The van der Waals surface area contributed by atoms with E-state index in [1.54, 1.807) is 19.1 Å². The van der Waals surface area contributed by atoms with Crippen molar-refractivity contribution in [3.8, 4) is 23.2 Å². The molecule has 4 aromatic rings. The van der Waals surface area contributed by atoms with E-state index < -0.39 is 28.5 Å². The molecule has 2 aromatic carbocycles. The number of benzene rings is 2. The van der Waals surface area contributed by atoms with Gasteiger partial charge in [0.1, 0.15) is 11.9 Å². The summed E-state index contributed by atoms with van der Waals surface area (Å²) in [5.74, 6) is -0.696. The zero-order chi connectivity index (χ0) is 30.1. The predicted molar refractivity (Wildman–Crippen MR) is 146 cm³/mol. The summed E-state index contributed by atoms with van der Waals surface area (Å²) in [5.41, 5.74) is 0.786. The molecule has 7 nitrogen and oxygen atoms in total. The number of alkyl halides is 3. The number of nitriles is 1. The van der Waals surface area contributed by atoms with Crippen molar-refractivity contribution in [2.24, 2.45) is 0 Å². The average molecular weight is 588 g/mol. The number of ether oxygens (including phenoxy) is 1. The van der Waals surface area contributed by atoms with Crippen LogP contribution in [-0.4, -0.2) is 59.4 Å². The molecular weight excluding hydrogens is 562 g/mol. The summed E-state index contributed by atoms with van der Waals surface area (Å²) < 4.78 is 61.1. The third-order valence-electron chi connectivity index (χ3n) is 6.51. The highest BCUT2D eigenvalue weighted by Crippen LogP contribution is 2.36. The quantitative estimate of drug-likeness (QED) is 0.229. The number of likely N-dealkylation sites (N-methyl/N-ethyl adjacent to an activating group) is 1. The number of aromatic nitrogens is 2.